The molecule has 0 radical (unpaired) electrons. The predicted octanol–water partition coefficient (Wildman–Crippen LogP) is 4.05. The summed E-state index contributed by atoms with van der Waals surface area (Å²) in [5.74, 6) is 2.80. The molecule has 4 bridgehead atoms. The van der Waals surface area contributed by atoms with Crippen LogP contribution in [0.1, 0.15) is 56.6 Å². The molecule has 1 N–H and O–H groups in total. The SMILES string of the molecule is O=C(O)CC(c1ccco1)C12CC3CC(CC(C3)C1)C2. The molecule has 4 aliphatic rings. The van der Waals surface area contributed by atoms with E-state index in [1.807, 2.05) is 12.1 Å². The highest BCUT2D eigenvalue weighted by Gasteiger charge is 2.55. The highest BCUT2D eigenvalue weighted by molar-refractivity contribution is 5.68. The number of aliphatic carboxylic acids is 1. The number of furan rings is 1. The van der Waals surface area contributed by atoms with Crippen molar-refractivity contribution in [3.63, 3.8) is 0 Å². The van der Waals surface area contributed by atoms with Gasteiger partial charge in [-0.15, -0.1) is 0 Å². The molecule has 1 unspecified atom stereocenters. The Labute approximate surface area is 119 Å². The third kappa shape index (κ3) is 1.90. The molecule has 108 valence electrons. The van der Waals surface area contributed by atoms with Gasteiger partial charge in [0.1, 0.15) is 5.76 Å². The predicted molar refractivity (Wildman–Crippen MR) is 74.3 cm³/mol. The first-order valence-electron chi connectivity index (χ1n) is 7.90. The lowest BCUT2D eigenvalue weighted by Crippen LogP contribution is -2.49. The maximum atomic E-state index is 11.4. The molecular weight excluding hydrogens is 252 g/mol. The van der Waals surface area contributed by atoms with Gasteiger partial charge in [-0.2, -0.15) is 0 Å². The smallest absolute Gasteiger partial charge is 0.304 e. The molecule has 4 aliphatic carbocycles. The summed E-state index contributed by atoms with van der Waals surface area (Å²) in [5.41, 5.74) is 0.199. The summed E-state index contributed by atoms with van der Waals surface area (Å²) in [6.07, 6.45) is 9.73. The summed E-state index contributed by atoms with van der Waals surface area (Å²) in [6, 6.07) is 3.87. The Morgan fingerprint density at radius 1 is 1.25 bits per heavy atom. The van der Waals surface area contributed by atoms with Crippen LogP contribution in [0.3, 0.4) is 0 Å². The standard InChI is InChI=1S/C17H22O3/c18-16(19)7-14(15-2-1-3-20-15)17-8-11-4-12(9-17)6-13(5-11)10-17/h1-3,11-14H,4-10H2,(H,18,19). The third-order valence-electron chi connectivity index (χ3n) is 6.09. The van der Waals surface area contributed by atoms with Crippen molar-refractivity contribution in [2.45, 2.75) is 50.9 Å². The van der Waals surface area contributed by atoms with Crippen molar-refractivity contribution in [2.24, 2.45) is 23.2 Å². The van der Waals surface area contributed by atoms with E-state index in [-0.39, 0.29) is 17.8 Å². The third-order valence-corrected chi connectivity index (χ3v) is 6.09. The summed E-state index contributed by atoms with van der Waals surface area (Å²) >= 11 is 0. The van der Waals surface area contributed by atoms with Gasteiger partial charge in [-0.25, -0.2) is 0 Å². The Bertz CT molecular complexity index is 467. The Hall–Kier alpha value is -1.25. The molecule has 0 spiro atoms. The zero-order valence-corrected chi connectivity index (χ0v) is 11.8. The lowest BCUT2D eigenvalue weighted by molar-refractivity contribution is -0.141. The van der Waals surface area contributed by atoms with Crippen LogP contribution in [-0.2, 0) is 4.79 Å². The summed E-state index contributed by atoms with van der Waals surface area (Å²) in [7, 11) is 0. The van der Waals surface area contributed by atoms with Crippen molar-refractivity contribution in [1.82, 2.24) is 0 Å². The van der Waals surface area contributed by atoms with Gasteiger partial charge in [0, 0.05) is 5.92 Å². The summed E-state index contributed by atoms with van der Waals surface area (Å²) < 4.78 is 5.62. The van der Waals surface area contributed by atoms with E-state index in [1.54, 1.807) is 6.26 Å². The molecule has 3 heteroatoms. The molecule has 5 rings (SSSR count). The molecule has 0 aromatic carbocycles. The highest BCUT2D eigenvalue weighted by atomic mass is 16.4. The Morgan fingerprint density at radius 2 is 1.85 bits per heavy atom. The molecule has 1 aromatic heterocycles. The van der Waals surface area contributed by atoms with Gasteiger partial charge in [-0.05, 0) is 73.8 Å². The fourth-order valence-corrected chi connectivity index (χ4v) is 5.89. The van der Waals surface area contributed by atoms with Crippen molar-refractivity contribution in [2.75, 3.05) is 0 Å². The van der Waals surface area contributed by atoms with E-state index in [9.17, 15) is 9.90 Å². The van der Waals surface area contributed by atoms with E-state index in [0.29, 0.717) is 0 Å². The molecule has 0 saturated heterocycles. The van der Waals surface area contributed by atoms with Gasteiger partial charge in [0.2, 0.25) is 0 Å². The highest BCUT2D eigenvalue weighted by Crippen LogP contribution is 2.65. The number of hydrogen-bond acceptors (Lipinski definition) is 2. The Balaban J connectivity index is 1.70. The molecule has 1 heterocycles. The van der Waals surface area contributed by atoms with E-state index in [4.69, 9.17) is 4.42 Å². The van der Waals surface area contributed by atoms with Crippen molar-refractivity contribution in [3.8, 4) is 0 Å². The number of carbonyl (C=O) groups is 1. The first kappa shape index (κ1) is 12.5. The van der Waals surface area contributed by atoms with Crippen molar-refractivity contribution >= 4 is 5.97 Å². The van der Waals surface area contributed by atoms with E-state index < -0.39 is 5.97 Å². The summed E-state index contributed by atoms with van der Waals surface area (Å²) in [4.78, 5) is 11.4. The van der Waals surface area contributed by atoms with Gasteiger partial charge in [-0.3, -0.25) is 4.79 Å². The molecule has 4 fully saturated rings. The van der Waals surface area contributed by atoms with Crippen LogP contribution in [0.4, 0.5) is 0 Å². The maximum Gasteiger partial charge on any atom is 0.304 e. The first-order chi connectivity index (χ1) is 9.64. The zero-order valence-electron chi connectivity index (χ0n) is 11.8. The summed E-state index contributed by atoms with van der Waals surface area (Å²) in [5, 5.41) is 9.34. The molecule has 4 saturated carbocycles. The summed E-state index contributed by atoms with van der Waals surface area (Å²) in [6.45, 7) is 0. The molecule has 20 heavy (non-hydrogen) atoms. The lowest BCUT2D eigenvalue weighted by Gasteiger charge is -2.59. The van der Waals surface area contributed by atoms with E-state index in [1.165, 1.54) is 38.5 Å². The number of rotatable bonds is 4. The van der Waals surface area contributed by atoms with E-state index >= 15 is 0 Å². The van der Waals surface area contributed by atoms with Crippen LogP contribution in [0.2, 0.25) is 0 Å². The molecule has 0 amide bonds. The molecule has 0 aliphatic heterocycles. The fourth-order valence-electron chi connectivity index (χ4n) is 5.89. The van der Waals surface area contributed by atoms with E-state index in [0.717, 1.165) is 23.5 Å². The van der Waals surface area contributed by atoms with E-state index in [2.05, 4.69) is 0 Å². The molecule has 1 aromatic rings. The molecule has 1 atom stereocenters. The van der Waals surface area contributed by atoms with Gasteiger partial charge < -0.3 is 9.52 Å². The largest absolute Gasteiger partial charge is 0.481 e. The average Bonchev–Trinajstić information content (AvgIpc) is 2.87. The van der Waals surface area contributed by atoms with Gasteiger partial charge in [-0.1, -0.05) is 0 Å². The average molecular weight is 274 g/mol. The number of carboxylic acids is 1. The van der Waals surface area contributed by atoms with Crippen LogP contribution in [0.15, 0.2) is 22.8 Å². The van der Waals surface area contributed by atoms with Gasteiger partial charge in [0.05, 0.1) is 12.7 Å². The second-order valence-corrected chi connectivity index (χ2v) is 7.45. The minimum absolute atomic E-state index is 0.0726. The number of carboxylic acid groups (broad SMARTS) is 1. The van der Waals surface area contributed by atoms with Crippen LogP contribution in [0, 0.1) is 23.2 Å². The van der Waals surface area contributed by atoms with Crippen LogP contribution in [0.25, 0.3) is 0 Å². The fraction of sp³-hybridized carbons (Fsp3) is 0.706. The van der Waals surface area contributed by atoms with Gasteiger partial charge in [0.25, 0.3) is 0 Å². The van der Waals surface area contributed by atoms with Crippen LogP contribution < -0.4 is 0 Å². The van der Waals surface area contributed by atoms with Crippen LogP contribution >= 0.6 is 0 Å². The quantitative estimate of drug-likeness (QED) is 0.901. The topological polar surface area (TPSA) is 50.4 Å². The second kappa shape index (κ2) is 4.37. The van der Waals surface area contributed by atoms with Gasteiger partial charge in [0.15, 0.2) is 0 Å². The van der Waals surface area contributed by atoms with Crippen molar-refractivity contribution < 1.29 is 14.3 Å². The lowest BCUT2D eigenvalue weighted by atomic mass is 9.46. The van der Waals surface area contributed by atoms with Crippen LogP contribution in [0.5, 0.6) is 0 Å². The van der Waals surface area contributed by atoms with Crippen LogP contribution in [-0.4, -0.2) is 11.1 Å². The minimum Gasteiger partial charge on any atom is -0.481 e. The molecule has 3 nitrogen and oxygen atoms in total. The Morgan fingerprint density at radius 3 is 2.30 bits per heavy atom. The van der Waals surface area contributed by atoms with Crippen molar-refractivity contribution in [3.05, 3.63) is 24.2 Å². The normalized spacial score (nSPS) is 39.9. The monoisotopic (exact) mass is 274 g/mol. The number of hydrogen-bond donors (Lipinski definition) is 1. The maximum absolute atomic E-state index is 11.4. The Kier molecular flexibility index (Phi) is 2.73. The first-order valence-corrected chi connectivity index (χ1v) is 7.90. The minimum atomic E-state index is -0.692. The van der Waals surface area contributed by atoms with Gasteiger partial charge >= 0.3 is 5.97 Å². The molecular formula is C17H22O3. The van der Waals surface area contributed by atoms with Crippen molar-refractivity contribution in [1.29, 1.82) is 0 Å². The second-order valence-electron chi connectivity index (χ2n) is 7.45. The zero-order chi connectivity index (χ0) is 13.7.